The summed E-state index contributed by atoms with van der Waals surface area (Å²) in [6.45, 7) is 5.37. The van der Waals surface area contributed by atoms with Gasteiger partial charge in [-0.05, 0) is 37.8 Å². The molecule has 3 nitrogen and oxygen atoms in total. The lowest BCUT2D eigenvalue weighted by Gasteiger charge is -2.22. The topological polar surface area (TPSA) is 28.2 Å². The summed E-state index contributed by atoms with van der Waals surface area (Å²) in [5.41, 5.74) is 2.64. The summed E-state index contributed by atoms with van der Waals surface area (Å²) in [7, 11) is 2.19. The molecule has 0 saturated heterocycles. The third kappa shape index (κ3) is 3.70. The van der Waals surface area contributed by atoms with Gasteiger partial charge in [-0.15, -0.1) is 0 Å². The van der Waals surface area contributed by atoms with Crippen molar-refractivity contribution in [2.75, 3.05) is 25.0 Å². The molecule has 1 N–H and O–H groups in total. The quantitative estimate of drug-likeness (QED) is 0.733. The number of rotatable bonds is 7. The number of anilines is 1. The maximum absolute atomic E-state index is 4.23. The maximum atomic E-state index is 4.23. The second kappa shape index (κ2) is 6.01. The van der Waals surface area contributed by atoms with Crippen molar-refractivity contribution in [3.8, 4) is 0 Å². The minimum absolute atomic E-state index is 0.921. The molecule has 0 atom stereocenters. The average Bonchev–Trinajstić information content (AvgIpc) is 3.14. The number of hydrogen-bond donors (Lipinski definition) is 1. The molecule has 0 bridgehead atoms. The van der Waals surface area contributed by atoms with Crippen LogP contribution in [0, 0.1) is 5.92 Å². The molecular formula is C14H23N3. The fourth-order valence-electron chi connectivity index (χ4n) is 2.11. The van der Waals surface area contributed by atoms with E-state index in [2.05, 4.69) is 35.2 Å². The molecule has 1 aliphatic rings. The summed E-state index contributed by atoms with van der Waals surface area (Å²) in [5, 5.41) is 3.45. The Morgan fingerprint density at radius 3 is 3.00 bits per heavy atom. The zero-order chi connectivity index (χ0) is 12.1. The first-order chi connectivity index (χ1) is 8.31. The molecule has 1 saturated carbocycles. The third-order valence-corrected chi connectivity index (χ3v) is 3.26. The summed E-state index contributed by atoms with van der Waals surface area (Å²) in [6, 6.07) is 2.13. The van der Waals surface area contributed by atoms with E-state index in [-0.39, 0.29) is 0 Å². The van der Waals surface area contributed by atoms with Crippen LogP contribution in [0.5, 0.6) is 0 Å². The number of pyridine rings is 1. The van der Waals surface area contributed by atoms with Crippen LogP contribution in [0.4, 0.5) is 5.69 Å². The molecule has 1 aromatic rings. The summed E-state index contributed by atoms with van der Waals surface area (Å²) in [5.74, 6) is 0.921. The second-order valence-corrected chi connectivity index (χ2v) is 5.01. The van der Waals surface area contributed by atoms with Gasteiger partial charge in [0.15, 0.2) is 0 Å². The van der Waals surface area contributed by atoms with Gasteiger partial charge in [-0.2, -0.15) is 0 Å². The highest BCUT2D eigenvalue weighted by atomic mass is 15.1. The van der Waals surface area contributed by atoms with Gasteiger partial charge >= 0.3 is 0 Å². The summed E-state index contributed by atoms with van der Waals surface area (Å²) >= 11 is 0. The van der Waals surface area contributed by atoms with Crippen molar-refractivity contribution in [2.24, 2.45) is 5.92 Å². The Kier molecular flexibility index (Phi) is 4.37. The molecule has 3 heteroatoms. The molecule has 94 valence electrons. The Balaban J connectivity index is 1.97. The van der Waals surface area contributed by atoms with Crippen LogP contribution in [0.1, 0.15) is 31.7 Å². The van der Waals surface area contributed by atoms with Gasteiger partial charge in [0.2, 0.25) is 0 Å². The molecule has 0 aliphatic heterocycles. The largest absolute Gasteiger partial charge is 0.374 e. The predicted octanol–water partition coefficient (Wildman–Crippen LogP) is 2.43. The van der Waals surface area contributed by atoms with Crippen molar-refractivity contribution in [3.05, 3.63) is 24.0 Å². The average molecular weight is 233 g/mol. The lowest BCUT2D eigenvalue weighted by atomic mass is 10.2. The van der Waals surface area contributed by atoms with Gasteiger partial charge in [-0.25, -0.2) is 0 Å². The lowest BCUT2D eigenvalue weighted by molar-refractivity contribution is 0.670. The van der Waals surface area contributed by atoms with Crippen LogP contribution in [0.2, 0.25) is 0 Å². The van der Waals surface area contributed by atoms with Gasteiger partial charge in [-0.1, -0.05) is 6.92 Å². The van der Waals surface area contributed by atoms with E-state index in [9.17, 15) is 0 Å². The summed E-state index contributed by atoms with van der Waals surface area (Å²) in [6.07, 6.45) is 7.86. The van der Waals surface area contributed by atoms with Gasteiger partial charge in [0.25, 0.3) is 0 Å². The second-order valence-electron chi connectivity index (χ2n) is 5.01. The highest BCUT2D eigenvalue weighted by Gasteiger charge is 2.23. The minimum Gasteiger partial charge on any atom is -0.374 e. The summed E-state index contributed by atoms with van der Waals surface area (Å²) in [4.78, 5) is 6.61. The zero-order valence-corrected chi connectivity index (χ0v) is 10.9. The van der Waals surface area contributed by atoms with E-state index in [1.165, 1.54) is 37.1 Å². The molecular weight excluding hydrogens is 210 g/mol. The van der Waals surface area contributed by atoms with Gasteiger partial charge < -0.3 is 10.2 Å². The molecule has 1 aliphatic carbocycles. The monoisotopic (exact) mass is 233 g/mol. The van der Waals surface area contributed by atoms with Gasteiger partial charge in [0.05, 0.1) is 0 Å². The van der Waals surface area contributed by atoms with E-state index in [4.69, 9.17) is 0 Å². The highest BCUT2D eigenvalue weighted by molar-refractivity contribution is 5.51. The Labute approximate surface area is 104 Å². The van der Waals surface area contributed by atoms with E-state index < -0.39 is 0 Å². The van der Waals surface area contributed by atoms with Gasteiger partial charge in [0.1, 0.15) is 0 Å². The fraction of sp³-hybridized carbons (Fsp3) is 0.643. The van der Waals surface area contributed by atoms with E-state index in [0.717, 1.165) is 19.0 Å². The van der Waals surface area contributed by atoms with E-state index >= 15 is 0 Å². The van der Waals surface area contributed by atoms with E-state index in [1.54, 1.807) is 0 Å². The third-order valence-electron chi connectivity index (χ3n) is 3.26. The van der Waals surface area contributed by atoms with Crippen LogP contribution >= 0.6 is 0 Å². The van der Waals surface area contributed by atoms with Crippen LogP contribution in [0.25, 0.3) is 0 Å². The molecule has 17 heavy (non-hydrogen) atoms. The molecule has 0 unspecified atom stereocenters. The van der Waals surface area contributed by atoms with Crippen molar-refractivity contribution in [1.29, 1.82) is 0 Å². The zero-order valence-electron chi connectivity index (χ0n) is 10.9. The highest BCUT2D eigenvalue weighted by Crippen LogP contribution is 2.31. The van der Waals surface area contributed by atoms with Crippen LogP contribution in [-0.4, -0.2) is 25.1 Å². The van der Waals surface area contributed by atoms with Gasteiger partial charge in [-0.3, -0.25) is 4.98 Å². The number of nitrogens with one attached hydrogen (secondary N) is 1. The molecule has 0 aromatic carbocycles. The van der Waals surface area contributed by atoms with E-state index in [1.807, 2.05) is 12.4 Å². The first kappa shape index (κ1) is 12.4. The van der Waals surface area contributed by atoms with E-state index in [0.29, 0.717) is 0 Å². The van der Waals surface area contributed by atoms with Crippen molar-refractivity contribution in [3.63, 3.8) is 0 Å². The number of hydrogen-bond acceptors (Lipinski definition) is 3. The molecule has 1 fully saturated rings. The molecule has 1 heterocycles. The Morgan fingerprint density at radius 1 is 1.47 bits per heavy atom. The molecule has 1 aromatic heterocycles. The van der Waals surface area contributed by atoms with Crippen LogP contribution in [0.15, 0.2) is 18.5 Å². The predicted molar refractivity (Wildman–Crippen MR) is 72.2 cm³/mol. The lowest BCUT2D eigenvalue weighted by Crippen LogP contribution is -2.23. The Morgan fingerprint density at radius 2 is 2.29 bits per heavy atom. The van der Waals surface area contributed by atoms with Crippen molar-refractivity contribution < 1.29 is 0 Å². The van der Waals surface area contributed by atoms with Gasteiger partial charge in [0, 0.05) is 43.8 Å². The molecule has 0 amide bonds. The normalized spacial score (nSPS) is 14.9. The van der Waals surface area contributed by atoms with Crippen LogP contribution in [-0.2, 0) is 6.54 Å². The number of nitrogens with zero attached hydrogens (tertiary/aromatic N) is 2. The first-order valence-electron chi connectivity index (χ1n) is 6.66. The van der Waals surface area contributed by atoms with Crippen molar-refractivity contribution >= 4 is 5.69 Å². The Bertz CT molecular complexity index is 347. The minimum atomic E-state index is 0.921. The molecule has 0 spiro atoms. The SMILES string of the molecule is CCCNCc1cnccc1N(C)CC1CC1. The summed E-state index contributed by atoms with van der Waals surface area (Å²) < 4.78 is 0. The standard InChI is InChI=1S/C14H23N3/c1-3-7-15-9-13-10-16-8-6-14(13)17(2)11-12-4-5-12/h6,8,10,12,15H,3-5,7,9,11H2,1-2H3. The number of aromatic nitrogens is 1. The molecule has 0 radical (unpaired) electrons. The smallest absolute Gasteiger partial charge is 0.0440 e. The molecule has 2 rings (SSSR count). The fourth-order valence-corrected chi connectivity index (χ4v) is 2.11. The Hall–Kier alpha value is -1.09. The van der Waals surface area contributed by atoms with Crippen LogP contribution < -0.4 is 10.2 Å². The van der Waals surface area contributed by atoms with Crippen molar-refractivity contribution in [2.45, 2.75) is 32.7 Å². The first-order valence-corrected chi connectivity index (χ1v) is 6.66. The maximum Gasteiger partial charge on any atom is 0.0440 e. The van der Waals surface area contributed by atoms with Crippen molar-refractivity contribution in [1.82, 2.24) is 10.3 Å². The van der Waals surface area contributed by atoms with Crippen LogP contribution in [0.3, 0.4) is 0 Å².